The number of benzene rings is 2. The number of aromatic nitrogens is 2. The number of carbonyl (C=O) groups excluding carboxylic acids is 1. The molecule has 1 N–H and O–H groups in total. The molecule has 2 aromatic carbocycles. The van der Waals surface area contributed by atoms with E-state index in [4.69, 9.17) is 4.74 Å². The SMILES string of the molecule is COc1cccc(NC(=O)Cn2c(=O)n(Cc3ccccc3)c(=O)c3c4c(sc32)CCCC4)c1. The van der Waals surface area contributed by atoms with Crippen molar-refractivity contribution in [2.75, 3.05) is 12.4 Å². The molecule has 0 aliphatic heterocycles. The quantitative estimate of drug-likeness (QED) is 0.460. The second kappa shape index (κ2) is 9.30. The van der Waals surface area contributed by atoms with Gasteiger partial charge in [0.05, 0.1) is 19.0 Å². The number of hydrogen-bond acceptors (Lipinski definition) is 5. The monoisotopic (exact) mass is 475 g/mol. The number of aryl methyl sites for hydroxylation is 2. The van der Waals surface area contributed by atoms with Crippen molar-refractivity contribution in [2.45, 2.75) is 38.8 Å². The first kappa shape index (κ1) is 22.2. The molecule has 34 heavy (non-hydrogen) atoms. The Morgan fingerprint density at radius 1 is 1.03 bits per heavy atom. The number of fused-ring (bicyclic) bond motifs is 3. The molecule has 0 fully saturated rings. The molecule has 0 bridgehead atoms. The summed E-state index contributed by atoms with van der Waals surface area (Å²) in [4.78, 5) is 41.8. The summed E-state index contributed by atoms with van der Waals surface area (Å²) in [6.07, 6.45) is 3.81. The molecule has 1 amide bonds. The van der Waals surface area contributed by atoms with Crippen LogP contribution in [0.5, 0.6) is 5.75 Å². The second-order valence-corrected chi connectivity index (χ2v) is 9.50. The van der Waals surface area contributed by atoms with E-state index in [1.54, 1.807) is 31.4 Å². The van der Waals surface area contributed by atoms with Gasteiger partial charge >= 0.3 is 5.69 Å². The van der Waals surface area contributed by atoms with Gasteiger partial charge in [-0.1, -0.05) is 36.4 Å². The highest BCUT2D eigenvalue weighted by Crippen LogP contribution is 2.34. The lowest BCUT2D eigenvalue weighted by atomic mass is 9.97. The van der Waals surface area contributed by atoms with Gasteiger partial charge in [-0.25, -0.2) is 4.79 Å². The maximum absolute atomic E-state index is 13.5. The molecule has 174 valence electrons. The number of amides is 1. The summed E-state index contributed by atoms with van der Waals surface area (Å²) >= 11 is 1.47. The molecule has 0 unspecified atom stereocenters. The third kappa shape index (κ3) is 4.17. The van der Waals surface area contributed by atoms with E-state index in [9.17, 15) is 14.4 Å². The van der Waals surface area contributed by atoms with Crippen molar-refractivity contribution in [3.63, 3.8) is 0 Å². The third-order valence-corrected chi connectivity index (χ3v) is 7.47. The average Bonchev–Trinajstić information content (AvgIpc) is 3.25. The average molecular weight is 476 g/mol. The first-order chi connectivity index (χ1) is 16.5. The van der Waals surface area contributed by atoms with Crippen LogP contribution in [0.15, 0.2) is 64.2 Å². The number of anilines is 1. The van der Waals surface area contributed by atoms with Crippen LogP contribution >= 0.6 is 11.3 Å². The number of methoxy groups -OCH3 is 1. The number of rotatable bonds is 6. The van der Waals surface area contributed by atoms with Crippen molar-refractivity contribution in [3.8, 4) is 5.75 Å². The molecular formula is C26H25N3O4S. The fourth-order valence-corrected chi connectivity index (χ4v) is 5.88. The number of thiophene rings is 1. The van der Waals surface area contributed by atoms with Crippen LogP contribution in [0.25, 0.3) is 10.2 Å². The van der Waals surface area contributed by atoms with E-state index >= 15 is 0 Å². The van der Waals surface area contributed by atoms with Crippen LogP contribution in [0.2, 0.25) is 0 Å². The molecule has 5 rings (SSSR count). The summed E-state index contributed by atoms with van der Waals surface area (Å²) in [6.45, 7) is -0.0163. The Kier molecular flexibility index (Phi) is 6.06. The molecule has 8 heteroatoms. The van der Waals surface area contributed by atoms with E-state index in [2.05, 4.69) is 5.32 Å². The minimum atomic E-state index is -0.472. The Morgan fingerprint density at radius 3 is 2.62 bits per heavy atom. The normalized spacial score (nSPS) is 13.0. The first-order valence-electron chi connectivity index (χ1n) is 11.3. The Labute approximate surface area is 200 Å². The topological polar surface area (TPSA) is 82.3 Å². The van der Waals surface area contributed by atoms with Gasteiger partial charge < -0.3 is 10.1 Å². The van der Waals surface area contributed by atoms with Crippen molar-refractivity contribution < 1.29 is 9.53 Å². The molecule has 4 aromatic rings. The minimum absolute atomic E-state index is 0.163. The minimum Gasteiger partial charge on any atom is -0.497 e. The first-order valence-corrected chi connectivity index (χ1v) is 12.1. The van der Waals surface area contributed by atoms with Crippen molar-refractivity contribution >= 4 is 33.1 Å². The Morgan fingerprint density at radius 2 is 1.82 bits per heavy atom. The van der Waals surface area contributed by atoms with Gasteiger partial charge in [-0.05, 0) is 48.9 Å². The van der Waals surface area contributed by atoms with E-state index in [1.165, 1.54) is 20.5 Å². The highest BCUT2D eigenvalue weighted by molar-refractivity contribution is 7.18. The second-order valence-electron chi connectivity index (χ2n) is 8.42. The number of nitrogens with one attached hydrogen (secondary N) is 1. The predicted molar refractivity (Wildman–Crippen MR) is 134 cm³/mol. The standard InChI is InChI=1S/C26H25N3O4S/c1-33-19-11-7-10-18(14-19)27-22(30)16-29-25-23(20-12-5-6-13-21(20)34-25)24(31)28(26(29)32)15-17-8-3-2-4-9-17/h2-4,7-11,14H,5-6,12-13,15-16H2,1H3,(H,27,30). The Hall–Kier alpha value is -3.65. The van der Waals surface area contributed by atoms with Gasteiger partial charge in [0, 0.05) is 16.6 Å². The molecule has 1 aliphatic carbocycles. The zero-order valence-corrected chi connectivity index (χ0v) is 19.7. The zero-order chi connectivity index (χ0) is 23.7. The molecule has 0 saturated carbocycles. The van der Waals surface area contributed by atoms with Gasteiger partial charge in [0.2, 0.25) is 5.91 Å². The maximum atomic E-state index is 13.5. The number of carbonyl (C=O) groups is 1. The molecule has 2 aromatic heterocycles. The third-order valence-electron chi connectivity index (χ3n) is 6.16. The van der Waals surface area contributed by atoms with Gasteiger partial charge in [0.25, 0.3) is 5.56 Å². The zero-order valence-electron chi connectivity index (χ0n) is 18.9. The van der Waals surface area contributed by atoms with Crippen LogP contribution in [-0.4, -0.2) is 22.2 Å². The number of hydrogen-bond donors (Lipinski definition) is 1. The summed E-state index contributed by atoms with van der Waals surface area (Å²) in [7, 11) is 1.56. The molecule has 7 nitrogen and oxygen atoms in total. The van der Waals surface area contributed by atoms with Gasteiger partial charge in [-0.3, -0.25) is 18.7 Å². The summed E-state index contributed by atoms with van der Waals surface area (Å²) in [5.74, 6) is 0.285. The van der Waals surface area contributed by atoms with Crippen LogP contribution in [0.4, 0.5) is 5.69 Å². The van der Waals surface area contributed by atoms with E-state index in [0.29, 0.717) is 21.7 Å². The highest BCUT2D eigenvalue weighted by Gasteiger charge is 2.24. The molecule has 1 aliphatic rings. The number of ether oxygens (including phenoxy) is 1. The summed E-state index contributed by atoms with van der Waals surface area (Å²) in [6, 6.07) is 16.5. The van der Waals surface area contributed by atoms with Crippen molar-refractivity contribution in [2.24, 2.45) is 0 Å². The summed E-state index contributed by atoms with van der Waals surface area (Å²) < 4.78 is 7.94. The molecular weight excluding hydrogens is 450 g/mol. The lowest BCUT2D eigenvalue weighted by Crippen LogP contribution is -2.41. The van der Waals surface area contributed by atoms with Gasteiger partial charge in [-0.15, -0.1) is 11.3 Å². The smallest absolute Gasteiger partial charge is 0.332 e. The van der Waals surface area contributed by atoms with E-state index < -0.39 is 5.69 Å². The van der Waals surface area contributed by atoms with Crippen molar-refractivity contribution in [1.29, 1.82) is 0 Å². The van der Waals surface area contributed by atoms with Gasteiger partial charge in [-0.2, -0.15) is 0 Å². The Bertz CT molecular complexity index is 1480. The van der Waals surface area contributed by atoms with Crippen LogP contribution in [0, 0.1) is 0 Å². The van der Waals surface area contributed by atoms with E-state index in [0.717, 1.165) is 41.7 Å². The fraction of sp³-hybridized carbons (Fsp3) is 0.269. The fourth-order valence-electron chi connectivity index (χ4n) is 4.51. The van der Waals surface area contributed by atoms with E-state index in [-0.39, 0.29) is 24.6 Å². The van der Waals surface area contributed by atoms with Crippen LogP contribution < -0.4 is 21.3 Å². The lowest BCUT2D eigenvalue weighted by molar-refractivity contribution is -0.116. The molecule has 0 atom stereocenters. The van der Waals surface area contributed by atoms with Crippen molar-refractivity contribution in [1.82, 2.24) is 9.13 Å². The summed E-state index contributed by atoms with van der Waals surface area (Å²) in [5.41, 5.74) is 1.74. The maximum Gasteiger partial charge on any atom is 0.332 e. The van der Waals surface area contributed by atoms with Gasteiger partial charge in [0.1, 0.15) is 17.1 Å². The predicted octanol–water partition coefficient (Wildman–Crippen LogP) is 3.80. The van der Waals surface area contributed by atoms with Gasteiger partial charge in [0.15, 0.2) is 0 Å². The van der Waals surface area contributed by atoms with Crippen molar-refractivity contribution in [3.05, 3.63) is 91.4 Å². The largest absolute Gasteiger partial charge is 0.497 e. The summed E-state index contributed by atoms with van der Waals surface area (Å²) in [5, 5.41) is 3.43. The van der Waals surface area contributed by atoms with Crippen LogP contribution in [-0.2, 0) is 30.7 Å². The van der Waals surface area contributed by atoms with Crippen LogP contribution in [0.1, 0.15) is 28.8 Å². The van der Waals surface area contributed by atoms with Crippen LogP contribution in [0.3, 0.4) is 0 Å². The lowest BCUT2D eigenvalue weighted by Gasteiger charge is -2.14. The van der Waals surface area contributed by atoms with E-state index in [1.807, 2.05) is 30.3 Å². The molecule has 0 saturated heterocycles. The number of nitrogens with zero attached hydrogens (tertiary/aromatic N) is 2. The molecule has 0 spiro atoms. The Balaban J connectivity index is 1.59. The highest BCUT2D eigenvalue weighted by atomic mass is 32.1. The molecule has 0 radical (unpaired) electrons. The molecule has 2 heterocycles.